The number of halogens is 1. The molecule has 2 aromatic carbocycles. The number of ether oxygens (including phenoxy) is 1. The fourth-order valence-corrected chi connectivity index (χ4v) is 2.03. The molecule has 0 saturated heterocycles. The van der Waals surface area contributed by atoms with Crippen LogP contribution in [-0.2, 0) is 9.53 Å². The number of aryl methyl sites for hydroxylation is 2. The maximum Gasteiger partial charge on any atom is 0.343 e. The van der Waals surface area contributed by atoms with Crippen LogP contribution in [0.15, 0.2) is 53.0 Å². The number of rotatable bonds is 4. The van der Waals surface area contributed by atoms with Crippen molar-refractivity contribution in [3.63, 3.8) is 0 Å². The monoisotopic (exact) mass is 327 g/mol. The molecule has 0 aromatic heterocycles. The number of benzene rings is 2. The number of aliphatic imine (C=N–C) groups is 1. The van der Waals surface area contributed by atoms with E-state index in [4.69, 9.17) is 4.74 Å². The normalized spacial score (nSPS) is 12.2. The fourth-order valence-electron chi connectivity index (χ4n) is 2.03. The molecule has 0 radical (unpaired) electrons. The first-order valence-electron chi connectivity index (χ1n) is 7.31. The summed E-state index contributed by atoms with van der Waals surface area (Å²) in [5.41, 5.74) is 2.92. The number of carbonyl (C=O) groups excluding carboxylic acids is 1. The van der Waals surface area contributed by atoms with Crippen molar-refractivity contribution in [1.82, 2.24) is 0 Å². The molecule has 0 bridgehead atoms. The van der Waals surface area contributed by atoms with Crippen molar-refractivity contribution in [2.75, 3.05) is 7.11 Å². The van der Waals surface area contributed by atoms with Crippen LogP contribution in [-0.4, -0.2) is 24.4 Å². The van der Waals surface area contributed by atoms with Gasteiger partial charge in [0.05, 0.1) is 12.8 Å². The molecule has 4 nitrogen and oxygen atoms in total. The first-order chi connectivity index (χ1) is 11.4. The van der Waals surface area contributed by atoms with E-state index in [2.05, 4.69) is 4.99 Å². The van der Waals surface area contributed by atoms with E-state index in [9.17, 15) is 14.3 Å². The lowest BCUT2D eigenvalue weighted by atomic mass is 10.0. The van der Waals surface area contributed by atoms with Crippen LogP contribution in [0.1, 0.15) is 16.7 Å². The Labute approximate surface area is 139 Å². The summed E-state index contributed by atoms with van der Waals surface area (Å²) in [6.45, 7) is 3.87. The van der Waals surface area contributed by atoms with E-state index in [1.165, 1.54) is 37.6 Å². The minimum Gasteiger partial charge on any atom is -0.506 e. The molecule has 0 heterocycles. The lowest BCUT2D eigenvalue weighted by Crippen LogP contribution is -2.09. The van der Waals surface area contributed by atoms with Gasteiger partial charge in [-0.15, -0.1) is 0 Å². The van der Waals surface area contributed by atoms with Gasteiger partial charge in [-0.25, -0.2) is 9.18 Å². The molecule has 0 aliphatic rings. The number of hydrogen-bond acceptors (Lipinski definition) is 4. The number of hydrogen-bond donors (Lipinski definition) is 1. The molecule has 0 unspecified atom stereocenters. The standard InChI is InChI=1S/C19H18FNO3/c1-12-4-5-14(10-13(12)2)18(22)17(19(23)24-3)11-21-16-8-6-15(20)7-9-16/h4-11,22H,1-3H3/b18-17-,21-11?. The second-order valence-corrected chi connectivity index (χ2v) is 5.29. The van der Waals surface area contributed by atoms with Gasteiger partial charge in [-0.2, -0.15) is 0 Å². The topological polar surface area (TPSA) is 58.9 Å². The molecule has 1 N–H and O–H groups in total. The number of aliphatic hydroxyl groups is 1. The second kappa shape index (κ2) is 7.55. The van der Waals surface area contributed by atoms with Crippen molar-refractivity contribution >= 4 is 23.6 Å². The quantitative estimate of drug-likeness (QED) is 0.394. The average Bonchev–Trinajstić information content (AvgIpc) is 2.58. The van der Waals surface area contributed by atoms with Crippen LogP contribution in [0.4, 0.5) is 10.1 Å². The summed E-state index contributed by atoms with van der Waals surface area (Å²) in [6.07, 6.45) is 1.21. The van der Waals surface area contributed by atoms with Gasteiger partial charge in [0.15, 0.2) is 0 Å². The first-order valence-corrected chi connectivity index (χ1v) is 7.31. The van der Waals surface area contributed by atoms with Gasteiger partial charge >= 0.3 is 5.97 Å². The second-order valence-electron chi connectivity index (χ2n) is 5.29. The molecule has 24 heavy (non-hydrogen) atoms. The summed E-state index contributed by atoms with van der Waals surface area (Å²) in [7, 11) is 1.22. The van der Waals surface area contributed by atoms with Crippen LogP contribution in [0, 0.1) is 19.7 Å². The van der Waals surface area contributed by atoms with Crippen LogP contribution < -0.4 is 0 Å². The zero-order chi connectivity index (χ0) is 17.7. The molecule has 0 aliphatic heterocycles. The van der Waals surface area contributed by atoms with Gasteiger partial charge in [0.1, 0.15) is 17.1 Å². The third kappa shape index (κ3) is 4.07. The first kappa shape index (κ1) is 17.4. The minimum absolute atomic E-state index is 0.0786. The molecule has 124 valence electrons. The smallest absolute Gasteiger partial charge is 0.343 e. The summed E-state index contributed by atoms with van der Waals surface area (Å²) in [4.78, 5) is 16.1. The third-order valence-electron chi connectivity index (χ3n) is 3.61. The maximum absolute atomic E-state index is 12.9. The third-order valence-corrected chi connectivity index (χ3v) is 3.61. The highest BCUT2D eigenvalue weighted by Crippen LogP contribution is 2.20. The van der Waals surface area contributed by atoms with E-state index in [1.54, 1.807) is 12.1 Å². The van der Waals surface area contributed by atoms with E-state index in [0.29, 0.717) is 11.3 Å². The molecular weight excluding hydrogens is 309 g/mol. The fraction of sp³-hybridized carbons (Fsp3) is 0.158. The zero-order valence-corrected chi connectivity index (χ0v) is 13.7. The van der Waals surface area contributed by atoms with Crippen LogP contribution in [0.2, 0.25) is 0 Å². The van der Waals surface area contributed by atoms with E-state index in [-0.39, 0.29) is 17.1 Å². The van der Waals surface area contributed by atoms with E-state index in [0.717, 1.165) is 11.1 Å². The Bertz CT molecular complexity index is 808. The van der Waals surface area contributed by atoms with Crippen molar-refractivity contribution in [1.29, 1.82) is 0 Å². The number of aliphatic hydroxyl groups excluding tert-OH is 1. The molecular formula is C19H18FNO3. The molecule has 2 aromatic rings. The highest BCUT2D eigenvalue weighted by atomic mass is 19.1. The van der Waals surface area contributed by atoms with Crippen LogP contribution in [0.5, 0.6) is 0 Å². The number of nitrogens with zero attached hydrogens (tertiary/aromatic N) is 1. The summed E-state index contributed by atoms with van der Waals surface area (Å²) < 4.78 is 17.6. The van der Waals surface area contributed by atoms with Gasteiger partial charge in [-0.05, 0) is 55.3 Å². The Kier molecular flexibility index (Phi) is 5.47. The van der Waals surface area contributed by atoms with E-state index >= 15 is 0 Å². The Morgan fingerprint density at radius 2 is 1.79 bits per heavy atom. The molecule has 0 saturated carbocycles. The Morgan fingerprint density at radius 3 is 2.38 bits per heavy atom. The lowest BCUT2D eigenvalue weighted by molar-refractivity contribution is -0.135. The molecule has 0 aliphatic carbocycles. The molecule has 5 heteroatoms. The Morgan fingerprint density at radius 1 is 1.12 bits per heavy atom. The molecule has 0 atom stereocenters. The van der Waals surface area contributed by atoms with Crippen molar-refractivity contribution in [2.24, 2.45) is 4.99 Å². The summed E-state index contributed by atoms with van der Waals surface area (Å²) in [6, 6.07) is 10.8. The Hall–Kier alpha value is -2.95. The van der Waals surface area contributed by atoms with Crippen molar-refractivity contribution in [3.05, 3.63) is 70.5 Å². The number of esters is 1. The number of carbonyl (C=O) groups is 1. The maximum atomic E-state index is 12.9. The molecule has 2 rings (SSSR count). The number of methoxy groups -OCH3 is 1. The predicted octanol–water partition coefficient (Wildman–Crippen LogP) is 4.29. The van der Waals surface area contributed by atoms with Crippen LogP contribution in [0.3, 0.4) is 0 Å². The Balaban J connectivity index is 2.44. The molecule has 0 amide bonds. The van der Waals surface area contributed by atoms with Gasteiger partial charge in [0.25, 0.3) is 0 Å². The van der Waals surface area contributed by atoms with Gasteiger partial charge in [-0.3, -0.25) is 4.99 Å². The highest BCUT2D eigenvalue weighted by molar-refractivity contribution is 6.15. The summed E-state index contributed by atoms with van der Waals surface area (Å²) >= 11 is 0. The minimum atomic E-state index is -0.711. The van der Waals surface area contributed by atoms with Gasteiger partial charge in [0, 0.05) is 11.8 Å². The zero-order valence-electron chi connectivity index (χ0n) is 13.7. The predicted molar refractivity (Wildman–Crippen MR) is 92.0 cm³/mol. The highest BCUT2D eigenvalue weighted by Gasteiger charge is 2.16. The molecule has 0 spiro atoms. The summed E-state index contributed by atoms with van der Waals surface area (Å²) in [5, 5.41) is 10.4. The SMILES string of the molecule is COC(=O)/C(C=Nc1ccc(F)cc1)=C(\O)c1ccc(C)c(C)c1. The van der Waals surface area contributed by atoms with Crippen molar-refractivity contribution in [2.45, 2.75) is 13.8 Å². The van der Waals surface area contributed by atoms with Crippen molar-refractivity contribution in [3.8, 4) is 0 Å². The van der Waals surface area contributed by atoms with E-state index in [1.807, 2.05) is 19.9 Å². The van der Waals surface area contributed by atoms with Gasteiger partial charge < -0.3 is 9.84 Å². The average molecular weight is 327 g/mol. The van der Waals surface area contributed by atoms with Crippen LogP contribution in [0.25, 0.3) is 5.76 Å². The summed E-state index contributed by atoms with van der Waals surface area (Å²) in [5.74, 6) is -1.32. The van der Waals surface area contributed by atoms with Gasteiger partial charge in [0.2, 0.25) is 0 Å². The largest absolute Gasteiger partial charge is 0.506 e. The van der Waals surface area contributed by atoms with E-state index < -0.39 is 5.97 Å². The lowest BCUT2D eigenvalue weighted by Gasteiger charge is -2.08. The van der Waals surface area contributed by atoms with Crippen LogP contribution >= 0.6 is 0 Å². The van der Waals surface area contributed by atoms with Gasteiger partial charge in [-0.1, -0.05) is 12.1 Å². The molecule has 0 fully saturated rings. The van der Waals surface area contributed by atoms with Crippen molar-refractivity contribution < 1.29 is 19.0 Å².